The Balaban J connectivity index is 1.19. The van der Waals surface area contributed by atoms with Crippen molar-refractivity contribution in [2.75, 3.05) is 0 Å². The van der Waals surface area contributed by atoms with Crippen LogP contribution in [0.15, 0.2) is 0 Å². The van der Waals surface area contributed by atoms with Crippen LogP contribution in [0.3, 0.4) is 0 Å². The van der Waals surface area contributed by atoms with E-state index in [0.717, 1.165) is 38.5 Å². The zero-order valence-electron chi connectivity index (χ0n) is 40.1. The number of fused-ring (bicyclic) bond motifs is 7. The van der Waals surface area contributed by atoms with E-state index in [2.05, 4.69) is 20.8 Å². The largest absolute Gasteiger partial charge is 0.389 e. The number of alkyl halides is 8. The van der Waals surface area contributed by atoms with Crippen LogP contribution in [0.1, 0.15) is 228 Å². The molecule has 6 fully saturated rings. The summed E-state index contributed by atoms with van der Waals surface area (Å²) in [6.07, 6.45) is 9.51. The van der Waals surface area contributed by atoms with E-state index in [4.69, 9.17) is 14.2 Å². The van der Waals surface area contributed by atoms with E-state index in [0.29, 0.717) is 44.9 Å². The highest BCUT2D eigenvalue weighted by Gasteiger charge is 2.78. The second-order valence-corrected chi connectivity index (χ2v) is 23.2. The fourth-order valence-corrected chi connectivity index (χ4v) is 14.0. The third-order valence-electron chi connectivity index (χ3n) is 19.0. The average molecular weight is 909 g/mol. The minimum atomic E-state index is -4.62. The predicted molar refractivity (Wildman–Crippen MR) is 237 cm³/mol. The molecule has 3 atom stereocenters. The van der Waals surface area contributed by atoms with Crippen molar-refractivity contribution >= 4 is 14.6 Å². The van der Waals surface area contributed by atoms with Crippen LogP contribution in [-0.4, -0.2) is 82.3 Å². The lowest BCUT2D eigenvalue weighted by molar-refractivity contribution is -0.412. The number of ether oxygens (including phenoxy) is 3. The van der Waals surface area contributed by atoms with Gasteiger partial charge < -0.3 is 19.3 Å². The van der Waals surface area contributed by atoms with Crippen LogP contribution in [0.5, 0.6) is 0 Å². The van der Waals surface area contributed by atoms with E-state index in [9.17, 15) is 5.11 Å². The van der Waals surface area contributed by atoms with Crippen LogP contribution in [0.4, 0.5) is 35.1 Å². The predicted octanol–water partition coefficient (Wildman–Crippen LogP) is 14.0. The Bertz CT molecular complexity index is 1540. The Hall–Kier alpha value is -0.590. The Morgan fingerprint density at radius 1 is 0.492 bits per heavy atom. The molecule has 1 N–H and O–H groups in total. The highest BCUT2D eigenvalue weighted by molar-refractivity contribution is 6.43. The number of halogens is 8. The van der Waals surface area contributed by atoms with E-state index < -0.39 is 82.6 Å². The van der Waals surface area contributed by atoms with Gasteiger partial charge in [-0.05, 0) is 146 Å². The van der Waals surface area contributed by atoms with Crippen LogP contribution in [0.2, 0.25) is 6.32 Å². The fourth-order valence-electron chi connectivity index (χ4n) is 14.0. The molecule has 14 heteroatoms. The van der Waals surface area contributed by atoms with Gasteiger partial charge in [0, 0.05) is 5.50 Å². The van der Waals surface area contributed by atoms with Crippen molar-refractivity contribution in [1.82, 2.24) is 0 Å². The molecular weight excluding hydrogens is 826 g/mol. The first-order chi connectivity index (χ1) is 29.2. The van der Waals surface area contributed by atoms with Crippen molar-refractivity contribution in [2.45, 2.75) is 297 Å². The second-order valence-electron chi connectivity index (χ2n) is 23.2. The summed E-state index contributed by atoms with van der Waals surface area (Å²) in [5.74, 6) is -18.1. The molecule has 6 heterocycles. The first-order valence-corrected chi connectivity index (χ1v) is 25.5. The van der Waals surface area contributed by atoms with Crippen molar-refractivity contribution in [3.63, 3.8) is 0 Å². The molecular formula is C49H82B2F8O4. The molecule has 0 radical (unpaired) electrons. The van der Waals surface area contributed by atoms with Crippen LogP contribution in [0, 0.1) is 10.8 Å². The molecule has 0 aliphatic carbocycles. The molecule has 364 valence electrons. The molecule has 0 aromatic heterocycles. The second kappa shape index (κ2) is 18.1. The van der Waals surface area contributed by atoms with Gasteiger partial charge in [0.05, 0.1) is 22.4 Å². The Morgan fingerprint density at radius 2 is 0.921 bits per heavy atom. The monoisotopic (exact) mass is 909 g/mol. The topological polar surface area (TPSA) is 47.9 Å². The third-order valence-corrected chi connectivity index (χ3v) is 19.0. The number of hydrogen-bond donors (Lipinski definition) is 1. The maximum atomic E-state index is 17.3. The van der Waals surface area contributed by atoms with Crippen LogP contribution in [0.25, 0.3) is 0 Å². The third kappa shape index (κ3) is 8.75. The average Bonchev–Trinajstić information content (AvgIpc) is 3.35. The summed E-state index contributed by atoms with van der Waals surface area (Å²) in [5.41, 5.74) is -12.1. The van der Waals surface area contributed by atoms with Gasteiger partial charge in [-0.1, -0.05) is 99.7 Å². The van der Waals surface area contributed by atoms with Gasteiger partial charge in [-0.25, -0.2) is 17.6 Å². The van der Waals surface area contributed by atoms with Crippen molar-refractivity contribution < 1.29 is 54.4 Å². The lowest BCUT2D eigenvalue weighted by Crippen LogP contribution is -2.77. The van der Waals surface area contributed by atoms with Crippen LogP contribution in [-0.2, 0) is 14.2 Å². The summed E-state index contributed by atoms with van der Waals surface area (Å²) < 4.78 is 154. The van der Waals surface area contributed by atoms with Gasteiger partial charge in [-0.2, -0.15) is 17.6 Å². The number of rotatable bonds is 21. The van der Waals surface area contributed by atoms with Gasteiger partial charge >= 0.3 is 11.8 Å². The zero-order chi connectivity index (χ0) is 46.5. The smallest absolute Gasteiger partial charge is 0.329 e. The van der Waals surface area contributed by atoms with E-state index in [1.54, 1.807) is 0 Å². The van der Waals surface area contributed by atoms with Crippen molar-refractivity contribution in [3.05, 3.63) is 0 Å². The fraction of sp³-hybridized carbons (Fsp3) is 1.00. The van der Waals surface area contributed by atoms with Gasteiger partial charge in [0.25, 0.3) is 18.9 Å². The Morgan fingerprint density at radius 3 is 1.41 bits per heavy atom. The number of unbranched alkanes of at least 4 members (excludes halogenated alkanes) is 3. The molecule has 63 heavy (non-hydrogen) atoms. The van der Waals surface area contributed by atoms with E-state index in [1.807, 2.05) is 27.7 Å². The zero-order valence-corrected chi connectivity index (χ0v) is 40.1. The van der Waals surface area contributed by atoms with Gasteiger partial charge in [-0.3, -0.25) is 0 Å². The maximum absolute atomic E-state index is 17.3. The molecule has 6 aliphatic heterocycles. The van der Waals surface area contributed by atoms with Gasteiger partial charge in [0.2, 0.25) is 7.28 Å². The quantitative estimate of drug-likeness (QED) is 0.0708. The SMILES string of the molecule is CCCCCC(O)(CCCCBC(F)(F)C(F)(F)C12CCCC(C34CCCC(C(F)(F)C(F)(F)BC56CCCCC(C(C)(C)CC)(CCC5)O6)(CCC3)O4)(CCC1)O2)C(C)(C)CC. The summed E-state index contributed by atoms with van der Waals surface area (Å²) in [7, 11) is -2.19. The van der Waals surface area contributed by atoms with Gasteiger partial charge in [0.1, 0.15) is 11.2 Å². The Labute approximate surface area is 376 Å². The van der Waals surface area contributed by atoms with Crippen molar-refractivity contribution in [3.8, 4) is 0 Å². The molecule has 0 aromatic carbocycles. The molecule has 6 aliphatic rings. The highest BCUT2D eigenvalue weighted by Crippen LogP contribution is 2.66. The summed E-state index contributed by atoms with van der Waals surface area (Å²) in [4.78, 5) is 0. The number of aliphatic hydroxyl groups is 1. The molecule has 0 spiro atoms. The lowest BCUT2D eigenvalue weighted by atomic mass is 9.48. The highest BCUT2D eigenvalue weighted by atomic mass is 19.3. The molecule has 6 bridgehead atoms. The van der Waals surface area contributed by atoms with E-state index in [-0.39, 0.29) is 108 Å². The standard InChI is InChI=1S/C49H82B2F8O4/c1-8-11-12-22-39(60,37(4,5)9-2)23-15-16-36-50-48(56,57)46(52,53)43-30-17-26-41(61-43,27-18-31-43)42-28-19-32-44(62-42,33-20-29-42)47(54,55)49(58,59)51-45-34-14-13-24-40(63-45,25-21-35-45)38(6,7)10-3/h50-51,60H,8-36H2,1-7H3. The summed E-state index contributed by atoms with van der Waals surface area (Å²) in [6.45, 7) is 14.3. The van der Waals surface area contributed by atoms with Crippen LogP contribution >= 0.6 is 0 Å². The van der Waals surface area contributed by atoms with E-state index >= 15 is 35.1 Å². The summed E-state index contributed by atoms with van der Waals surface area (Å²) >= 11 is 0. The first kappa shape index (κ1) is 51.8. The Kier molecular flexibility index (Phi) is 14.8. The minimum Gasteiger partial charge on any atom is -0.389 e. The van der Waals surface area contributed by atoms with Gasteiger partial charge in [0.15, 0.2) is 0 Å². The molecule has 6 rings (SSSR count). The van der Waals surface area contributed by atoms with Gasteiger partial charge in [-0.15, -0.1) is 0 Å². The maximum Gasteiger partial charge on any atom is 0.329 e. The van der Waals surface area contributed by atoms with Crippen molar-refractivity contribution in [1.29, 1.82) is 0 Å². The summed E-state index contributed by atoms with van der Waals surface area (Å²) in [5, 5.41) is 11.7. The minimum absolute atomic E-state index is 0.106. The van der Waals surface area contributed by atoms with E-state index in [1.165, 1.54) is 0 Å². The van der Waals surface area contributed by atoms with Crippen molar-refractivity contribution in [2.24, 2.45) is 10.8 Å². The lowest BCUT2D eigenvalue weighted by Gasteiger charge is -2.66. The number of hydrogen-bond acceptors (Lipinski definition) is 4. The molecule has 0 aromatic rings. The first-order valence-electron chi connectivity index (χ1n) is 25.5. The molecule has 6 saturated heterocycles. The summed E-state index contributed by atoms with van der Waals surface area (Å²) in [6, 6.07) is 0. The molecule has 0 saturated carbocycles. The molecule has 4 nitrogen and oxygen atoms in total. The van der Waals surface area contributed by atoms with Crippen LogP contribution < -0.4 is 0 Å². The molecule has 3 unspecified atom stereocenters. The molecule has 0 amide bonds. The normalized spacial score (nSPS) is 35.7.